The maximum absolute atomic E-state index is 13.6. The highest BCUT2D eigenvalue weighted by Gasteiger charge is 2.37. The van der Waals surface area contributed by atoms with Gasteiger partial charge >= 0.3 is 0 Å². The molecule has 0 amide bonds. The molecule has 2 aromatic carbocycles. The average Bonchev–Trinajstić information content (AvgIpc) is 3.63. The number of carbonyl (C=O) groups excluding carboxylic acids is 2. The van der Waals surface area contributed by atoms with Crippen molar-refractivity contribution in [2.24, 2.45) is 9.98 Å². The van der Waals surface area contributed by atoms with Gasteiger partial charge in [0.15, 0.2) is 0 Å². The summed E-state index contributed by atoms with van der Waals surface area (Å²) in [4.78, 5) is 35.8. The molecular formula is C28H24N4O6. The minimum atomic E-state index is -0.566. The lowest BCUT2D eigenvalue weighted by molar-refractivity contribution is 0.0975. The number of aliphatic imine (C=N–C) groups is 2. The molecule has 1 aliphatic carbocycles. The lowest BCUT2D eigenvalue weighted by Gasteiger charge is -2.24. The first kappa shape index (κ1) is 24.6. The second-order valence-electron chi connectivity index (χ2n) is 8.38. The number of nitrogens with one attached hydrogen (secondary N) is 2. The predicted octanol–water partition coefficient (Wildman–Crippen LogP) is 4.12. The molecule has 0 spiro atoms. The first-order valence-electron chi connectivity index (χ1n) is 11.9. The number of ketones is 2. The fourth-order valence-electron chi connectivity index (χ4n) is 4.21. The molecule has 5 rings (SSSR count). The van der Waals surface area contributed by atoms with Crippen LogP contribution in [-0.4, -0.2) is 60.4 Å². The summed E-state index contributed by atoms with van der Waals surface area (Å²) in [5.74, 6) is -0.631. The van der Waals surface area contributed by atoms with Crippen LogP contribution in [0.2, 0.25) is 0 Å². The molecule has 4 aromatic rings. The fraction of sp³-hybridized carbons (Fsp3) is 0.143. The number of furan rings is 2. The maximum atomic E-state index is 13.6. The summed E-state index contributed by atoms with van der Waals surface area (Å²) in [5.41, 5.74) is 0.621. The van der Waals surface area contributed by atoms with E-state index in [2.05, 4.69) is 20.6 Å². The Morgan fingerprint density at radius 3 is 1.50 bits per heavy atom. The van der Waals surface area contributed by atoms with Crippen LogP contribution in [0.4, 0.5) is 11.4 Å². The molecule has 0 bridgehead atoms. The minimum Gasteiger partial charge on any atom is -0.507 e. The van der Waals surface area contributed by atoms with Crippen molar-refractivity contribution in [3.05, 3.63) is 94.8 Å². The average molecular weight is 513 g/mol. The molecule has 0 fully saturated rings. The summed E-state index contributed by atoms with van der Waals surface area (Å²) in [7, 11) is 0. The van der Waals surface area contributed by atoms with Gasteiger partial charge in [-0.2, -0.15) is 0 Å². The van der Waals surface area contributed by atoms with Gasteiger partial charge in [-0.1, -0.05) is 0 Å². The van der Waals surface area contributed by atoms with E-state index in [-0.39, 0.29) is 33.8 Å². The number of nitrogens with zero attached hydrogens (tertiary/aromatic N) is 2. The molecule has 1 aliphatic rings. The maximum Gasteiger partial charge on any atom is 0.200 e. The zero-order chi connectivity index (χ0) is 26.5. The van der Waals surface area contributed by atoms with Gasteiger partial charge in [0.2, 0.25) is 11.6 Å². The highest BCUT2D eigenvalue weighted by Crippen LogP contribution is 2.42. The van der Waals surface area contributed by atoms with E-state index in [1.165, 1.54) is 12.1 Å². The van der Waals surface area contributed by atoms with Crippen molar-refractivity contribution in [2.75, 3.05) is 36.8 Å². The van der Waals surface area contributed by atoms with Gasteiger partial charge in [0.1, 0.15) is 23.0 Å². The molecular weight excluding hydrogens is 488 g/mol. The summed E-state index contributed by atoms with van der Waals surface area (Å²) in [6, 6.07) is 12.9. The van der Waals surface area contributed by atoms with Gasteiger partial charge in [0, 0.05) is 24.5 Å². The van der Waals surface area contributed by atoms with E-state index in [4.69, 9.17) is 8.83 Å². The Morgan fingerprint density at radius 1 is 0.658 bits per heavy atom. The quantitative estimate of drug-likeness (QED) is 0.124. The van der Waals surface area contributed by atoms with Crippen LogP contribution in [0.15, 0.2) is 79.9 Å². The topological polar surface area (TPSA) is 150 Å². The van der Waals surface area contributed by atoms with E-state index in [9.17, 15) is 19.8 Å². The van der Waals surface area contributed by atoms with Crippen LogP contribution in [0, 0.1) is 0 Å². The van der Waals surface area contributed by atoms with Crippen molar-refractivity contribution < 1.29 is 28.6 Å². The van der Waals surface area contributed by atoms with Crippen molar-refractivity contribution in [1.29, 1.82) is 0 Å². The highest BCUT2D eigenvalue weighted by atomic mass is 16.3. The van der Waals surface area contributed by atoms with Crippen molar-refractivity contribution in [3.8, 4) is 11.5 Å². The molecule has 192 valence electrons. The second kappa shape index (κ2) is 10.9. The van der Waals surface area contributed by atoms with E-state index in [0.717, 1.165) is 0 Å². The van der Waals surface area contributed by atoms with Crippen LogP contribution in [0.25, 0.3) is 0 Å². The SMILES string of the molecule is O=C1c2c(O)ccc(O)c2C(=O)c2c(NCCN=Cc3ccco3)ccc(NCCN=Cc3ccco3)c21. The number of hydrogen-bond acceptors (Lipinski definition) is 10. The molecule has 2 aromatic heterocycles. The lowest BCUT2D eigenvalue weighted by atomic mass is 9.81. The van der Waals surface area contributed by atoms with Crippen LogP contribution in [0.1, 0.15) is 43.4 Å². The minimum absolute atomic E-state index is 0.113. The monoisotopic (exact) mass is 512 g/mol. The van der Waals surface area contributed by atoms with Crippen molar-refractivity contribution in [1.82, 2.24) is 0 Å². The van der Waals surface area contributed by atoms with Gasteiger partial charge in [-0.15, -0.1) is 0 Å². The first-order valence-corrected chi connectivity index (χ1v) is 11.9. The van der Waals surface area contributed by atoms with E-state index in [1.54, 1.807) is 61.4 Å². The standard InChI is InChI=1S/C28H24N4O6/c33-21-7-8-22(34)26-25(21)27(35)23-19(31-11-9-29-15-17-3-1-13-37-17)5-6-20(24(23)28(26)36)32-12-10-30-16-18-4-2-14-38-18/h1-8,13-16,31-34H,9-12H2. The number of rotatable bonds is 10. The number of hydrogen-bond donors (Lipinski definition) is 4. The Morgan fingerprint density at radius 2 is 1.11 bits per heavy atom. The Kier molecular flexibility index (Phi) is 7.03. The van der Waals surface area contributed by atoms with Gasteiger partial charge in [-0.3, -0.25) is 19.6 Å². The fourth-order valence-corrected chi connectivity index (χ4v) is 4.21. The molecule has 0 radical (unpaired) electrons. The summed E-state index contributed by atoms with van der Waals surface area (Å²) in [5, 5.41) is 27.1. The first-order chi connectivity index (χ1) is 18.5. The molecule has 38 heavy (non-hydrogen) atoms. The lowest BCUT2D eigenvalue weighted by Crippen LogP contribution is -2.25. The Labute approximate surface area is 217 Å². The summed E-state index contributed by atoms with van der Waals surface area (Å²) in [6.45, 7) is 1.51. The number of benzene rings is 2. The third kappa shape index (κ3) is 4.92. The molecule has 0 saturated heterocycles. The Hall–Kier alpha value is -5.12. The van der Waals surface area contributed by atoms with Gasteiger partial charge < -0.3 is 29.7 Å². The van der Waals surface area contributed by atoms with Crippen LogP contribution in [-0.2, 0) is 0 Å². The molecule has 0 unspecified atom stereocenters. The summed E-state index contributed by atoms with van der Waals surface area (Å²) in [6.07, 6.45) is 6.32. The molecule has 10 heteroatoms. The van der Waals surface area contributed by atoms with Crippen LogP contribution in [0.5, 0.6) is 11.5 Å². The third-order valence-electron chi connectivity index (χ3n) is 5.91. The number of fused-ring (bicyclic) bond motifs is 2. The normalized spacial score (nSPS) is 12.7. The van der Waals surface area contributed by atoms with Crippen molar-refractivity contribution in [3.63, 3.8) is 0 Å². The zero-order valence-electron chi connectivity index (χ0n) is 20.2. The van der Waals surface area contributed by atoms with Crippen LogP contribution < -0.4 is 10.6 Å². The van der Waals surface area contributed by atoms with Gasteiger partial charge in [0.25, 0.3) is 0 Å². The molecule has 10 nitrogen and oxygen atoms in total. The smallest absolute Gasteiger partial charge is 0.200 e. The molecule has 0 atom stereocenters. The zero-order valence-corrected chi connectivity index (χ0v) is 20.2. The van der Waals surface area contributed by atoms with Crippen LogP contribution in [0.3, 0.4) is 0 Å². The highest BCUT2D eigenvalue weighted by molar-refractivity contribution is 6.33. The number of phenolic OH excluding ortho intramolecular Hbond substituents is 2. The van der Waals surface area contributed by atoms with Crippen molar-refractivity contribution in [2.45, 2.75) is 0 Å². The van der Waals surface area contributed by atoms with E-state index in [1.807, 2.05) is 0 Å². The molecule has 4 N–H and O–H groups in total. The van der Waals surface area contributed by atoms with E-state index >= 15 is 0 Å². The Balaban J connectivity index is 1.40. The molecule has 0 saturated carbocycles. The third-order valence-corrected chi connectivity index (χ3v) is 5.91. The van der Waals surface area contributed by atoms with Gasteiger partial charge in [0.05, 0.1) is 60.3 Å². The van der Waals surface area contributed by atoms with Crippen molar-refractivity contribution >= 4 is 35.4 Å². The van der Waals surface area contributed by atoms with E-state index < -0.39 is 11.6 Å². The number of aromatic hydroxyl groups is 2. The number of carbonyl (C=O) groups is 2. The Bertz CT molecular complexity index is 1410. The molecule has 0 aliphatic heterocycles. The van der Waals surface area contributed by atoms with Crippen LogP contribution >= 0.6 is 0 Å². The van der Waals surface area contributed by atoms with E-state index in [0.29, 0.717) is 49.1 Å². The summed E-state index contributed by atoms with van der Waals surface area (Å²) < 4.78 is 10.4. The number of phenols is 2. The predicted molar refractivity (Wildman–Crippen MR) is 142 cm³/mol. The molecule has 2 heterocycles. The second-order valence-corrected chi connectivity index (χ2v) is 8.38. The summed E-state index contributed by atoms with van der Waals surface area (Å²) >= 11 is 0. The van der Waals surface area contributed by atoms with Gasteiger partial charge in [-0.05, 0) is 48.5 Å². The number of anilines is 2. The largest absolute Gasteiger partial charge is 0.507 e. The van der Waals surface area contributed by atoms with Gasteiger partial charge in [-0.25, -0.2) is 0 Å².